The predicted octanol–water partition coefficient (Wildman–Crippen LogP) is 3.41. The van der Waals surface area contributed by atoms with Crippen molar-refractivity contribution >= 4 is 23.8 Å². The van der Waals surface area contributed by atoms with Gasteiger partial charge in [0.15, 0.2) is 0 Å². The maximum absolute atomic E-state index is 13.5. The minimum absolute atomic E-state index is 0.112. The van der Waals surface area contributed by atoms with Crippen LogP contribution in [-0.4, -0.2) is 40.0 Å². The topological polar surface area (TPSA) is 125 Å². The average Bonchev–Trinajstić information content (AvgIpc) is 2.84. The van der Waals surface area contributed by atoms with E-state index in [-0.39, 0.29) is 24.3 Å². The fourth-order valence-electron chi connectivity index (χ4n) is 4.50. The molecule has 34 heavy (non-hydrogen) atoms. The summed E-state index contributed by atoms with van der Waals surface area (Å²) in [6.45, 7) is 5.55. The number of benzene rings is 1. The Labute approximate surface area is 202 Å². The maximum Gasteiger partial charge on any atom is 0.257 e. The number of hydroxylamine groups is 1. The summed E-state index contributed by atoms with van der Waals surface area (Å²) in [4.78, 5) is 39.0. The highest BCUT2D eigenvalue weighted by Gasteiger charge is 2.36. The molecule has 0 aliphatic heterocycles. The van der Waals surface area contributed by atoms with Crippen molar-refractivity contribution in [2.45, 2.75) is 77.8 Å². The van der Waals surface area contributed by atoms with Crippen LogP contribution >= 0.6 is 0 Å². The number of nitrogens with one attached hydrogen (secondary N) is 2. The van der Waals surface area contributed by atoms with E-state index in [0.29, 0.717) is 6.42 Å². The van der Waals surface area contributed by atoms with E-state index in [0.717, 1.165) is 37.7 Å². The highest BCUT2D eigenvalue weighted by atomic mass is 16.5. The van der Waals surface area contributed by atoms with Gasteiger partial charge < -0.3 is 5.73 Å². The molecule has 2 rings (SSSR count). The van der Waals surface area contributed by atoms with E-state index in [9.17, 15) is 19.6 Å². The second-order valence-corrected chi connectivity index (χ2v) is 9.63. The average molecular weight is 473 g/mol. The van der Waals surface area contributed by atoms with Gasteiger partial charge in [0.05, 0.1) is 23.9 Å². The molecule has 5 N–H and O–H groups in total. The summed E-state index contributed by atoms with van der Waals surface area (Å²) in [5.74, 6) is -2.78. The second kappa shape index (κ2) is 13.9. The van der Waals surface area contributed by atoms with Crippen LogP contribution < -0.4 is 16.6 Å². The van der Waals surface area contributed by atoms with Gasteiger partial charge in [0.2, 0.25) is 11.8 Å². The molecule has 0 saturated heterocycles. The summed E-state index contributed by atoms with van der Waals surface area (Å²) in [5, 5.41) is 10.8. The first kappa shape index (κ1) is 27.5. The largest absolute Gasteiger partial charge is 0.320 e. The van der Waals surface area contributed by atoms with Crippen molar-refractivity contribution in [3.05, 3.63) is 42.0 Å². The molecule has 1 fully saturated rings. The number of hydrogen-bond acceptors (Lipinski definition) is 5. The van der Waals surface area contributed by atoms with E-state index in [4.69, 9.17) is 5.73 Å². The SMILES string of the molecule is CC(C)C[C@@H](C(=O)NN(C(=O)[C@@H](C)N)C1CCCCC1)[C@H](C/C=C/c1ccccc1)C(=O)NO. The number of hydrogen-bond donors (Lipinski definition) is 4. The molecule has 0 spiro atoms. The van der Waals surface area contributed by atoms with Crippen LogP contribution in [0.4, 0.5) is 0 Å². The van der Waals surface area contributed by atoms with Crippen molar-refractivity contribution < 1.29 is 19.6 Å². The summed E-state index contributed by atoms with van der Waals surface area (Å²) in [6.07, 6.45) is 9.08. The molecule has 1 aromatic rings. The lowest BCUT2D eigenvalue weighted by Crippen LogP contribution is -2.58. The maximum atomic E-state index is 13.5. The molecule has 1 aliphatic rings. The number of nitrogens with zero attached hydrogens (tertiary/aromatic N) is 1. The van der Waals surface area contributed by atoms with Gasteiger partial charge in [-0.1, -0.05) is 75.6 Å². The van der Waals surface area contributed by atoms with Gasteiger partial charge in [-0.3, -0.25) is 25.0 Å². The molecular weight excluding hydrogens is 432 g/mol. The smallest absolute Gasteiger partial charge is 0.257 e. The molecular formula is C26H40N4O4. The van der Waals surface area contributed by atoms with Crippen LogP contribution in [0.5, 0.6) is 0 Å². The summed E-state index contributed by atoms with van der Waals surface area (Å²) in [5.41, 5.74) is 11.4. The zero-order valence-electron chi connectivity index (χ0n) is 20.6. The van der Waals surface area contributed by atoms with Gasteiger partial charge in [0.1, 0.15) is 0 Å². The Hall–Kier alpha value is -2.71. The zero-order valence-corrected chi connectivity index (χ0v) is 20.6. The molecule has 0 heterocycles. The Kier molecular flexibility index (Phi) is 11.2. The van der Waals surface area contributed by atoms with Crippen LogP contribution in [0.1, 0.15) is 71.3 Å². The normalized spacial score (nSPS) is 17.2. The summed E-state index contributed by atoms with van der Waals surface area (Å²) >= 11 is 0. The summed E-state index contributed by atoms with van der Waals surface area (Å²) in [6, 6.07) is 8.78. The lowest BCUT2D eigenvalue weighted by atomic mass is 9.82. The molecule has 0 aromatic heterocycles. The second-order valence-electron chi connectivity index (χ2n) is 9.63. The fraction of sp³-hybridized carbons (Fsp3) is 0.577. The zero-order chi connectivity index (χ0) is 25.1. The molecule has 188 valence electrons. The molecule has 8 heteroatoms. The number of carbonyl (C=O) groups is 3. The number of hydrazine groups is 1. The summed E-state index contributed by atoms with van der Waals surface area (Å²) < 4.78 is 0. The Morgan fingerprint density at radius 1 is 1.06 bits per heavy atom. The van der Waals surface area contributed by atoms with Crippen molar-refractivity contribution in [1.82, 2.24) is 15.9 Å². The van der Waals surface area contributed by atoms with Gasteiger partial charge in [-0.05, 0) is 44.1 Å². The number of amides is 3. The van der Waals surface area contributed by atoms with Crippen molar-refractivity contribution in [1.29, 1.82) is 0 Å². The molecule has 3 amide bonds. The highest BCUT2D eigenvalue weighted by molar-refractivity contribution is 5.89. The van der Waals surface area contributed by atoms with Crippen LogP contribution in [0.3, 0.4) is 0 Å². The van der Waals surface area contributed by atoms with Crippen LogP contribution in [-0.2, 0) is 14.4 Å². The van der Waals surface area contributed by atoms with E-state index in [2.05, 4.69) is 5.43 Å². The number of nitrogens with two attached hydrogens (primary N) is 1. The van der Waals surface area contributed by atoms with Crippen molar-refractivity contribution in [3.63, 3.8) is 0 Å². The number of carbonyl (C=O) groups excluding carboxylic acids is 3. The van der Waals surface area contributed by atoms with Gasteiger partial charge in [-0.25, -0.2) is 10.5 Å². The lowest BCUT2D eigenvalue weighted by molar-refractivity contribution is -0.150. The van der Waals surface area contributed by atoms with E-state index in [1.807, 2.05) is 56.3 Å². The van der Waals surface area contributed by atoms with Gasteiger partial charge >= 0.3 is 0 Å². The van der Waals surface area contributed by atoms with Crippen LogP contribution in [0.25, 0.3) is 6.08 Å². The summed E-state index contributed by atoms with van der Waals surface area (Å²) in [7, 11) is 0. The first-order chi connectivity index (χ1) is 16.2. The van der Waals surface area contributed by atoms with Gasteiger partial charge in [-0.2, -0.15) is 0 Å². The Morgan fingerprint density at radius 2 is 1.71 bits per heavy atom. The third-order valence-electron chi connectivity index (χ3n) is 6.29. The molecule has 1 aromatic carbocycles. The Bertz CT molecular complexity index is 819. The van der Waals surface area contributed by atoms with Gasteiger partial charge in [0, 0.05) is 0 Å². The molecule has 1 aliphatic carbocycles. The Morgan fingerprint density at radius 3 is 2.26 bits per heavy atom. The van der Waals surface area contributed by atoms with E-state index >= 15 is 0 Å². The predicted molar refractivity (Wildman–Crippen MR) is 132 cm³/mol. The van der Waals surface area contributed by atoms with E-state index < -0.39 is 29.7 Å². The van der Waals surface area contributed by atoms with Gasteiger partial charge in [-0.15, -0.1) is 0 Å². The minimum atomic E-state index is -0.800. The molecule has 1 saturated carbocycles. The van der Waals surface area contributed by atoms with Crippen molar-refractivity contribution in [2.24, 2.45) is 23.5 Å². The molecule has 0 bridgehead atoms. The number of rotatable bonds is 10. The van der Waals surface area contributed by atoms with Crippen LogP contribution in [0, 0.1) is 17.8 Å². The van der Waals surface area contributed by atoms with Crippen LogP contribution in [0.15, 0.2) is 36.4 Å². The third-order valence-corrected chi connectivity index (χ3v) is 6.29. The minimum Gasteiger partial charge on any atom is -0.320 e. The Balaban J connectivity index is 2.26. The highest BCUT2D eigenvalue weighted by Crippen LogP contribution is 2.27. The van der Waals surface area contributed by atoms with E-state index in [1.165, 1.54) is 5.01 Å². The quantitative estimate of drug-likeness (QED) is 0.307. The monoisotopic (exact) mass is 472 g/mol. The van der Waals surface area contributed by atoms with Crippen molar-refractivity contribution in [2.75, 3.05) is 0 Å². The molecule has 0 unspecified atom stereocenters. The van der Waals surface area contributed by atoms with Crippen molar-refractivity contribution in [3.8, 4) is 0 Å². The number of allylic oxidation sites excluding steroid dienone is 1. The van der Waals surface area contributed by atoms with Gasteiger partial charge in [0.25, 0.3) is 5.91 Å². The lowest BCUT2D eigenvalue weighted by Gasteiger charge is -2.37. The standard InChI is InChI=1S/C26H40N4O4/c1-18(2)17-23(22(25(32)29-34)16-10-13-20-11-6-4-7-12-20)24(31)28-30(26(33)19(3)27)21-14-8-5-9-15-21/h4,6-7,10-13,18-19,21-23,34H,5,8-9,14-17,27H2,1-3H3,(H,28,31)(H,29,32)/b13-10+/t19-,22+,23-/m1/s1. The van der Waals surface area contributed by atoms with E-state index in [1.54, 1.807) is 12.4 Å². The molecule has 0 radical (unpaired) electrons. The molecule has 3 atom stereocenters. The first-order valence-corrected chi connectivity index (χ1v) is 12.3. The first-order valence-electron chi connectivity index (χ1n) is 12.3. The molecule has 8 nitrogen and oxygen atoms in total. The van der Waals surface area contributed by atoms with Crippen LogP contribution in [0.2, 0.25) is 0 Å². The third kappa shape index (κ3) is 8.25. The fourth-order valence-corrected chi connectivity index (χ4v) is 4.50.